The molecule has 1 amide bonds. The minimum atomic E-state index is -4.35. The highest BCUT2D eigenvalue weighted by Crippen LogP contribution is 2.37. The normalized spacial score (nSPS) is 11.6. The Morgan fingerprint density at radius 1 is 1.00 bits per heavy atom. The highest BCUT2D eigenvalue weighted by atomic mass is 32.2. The first-order valence-corrected chi connectivity index (χ1v) is 12.8. The average molecular weight is 528 g/mol. The van der Waals surface area contributed by atoms with Crippen LogP contribution in [0.15, 0.2) is 83.8 Å². The number of alkyl halides is 3. The number of hydrazine groups is 1. The number of carbonyl (C=O) groups is 1. The number of hydrogen-bond acceptors (Lipinski definition) is 4. The van der Waals surface area contributed by atoms with E-state index in [0.717, 1.165) is 35.0 Å². The largest absolute Gasteiger partial charge is 0.487 e. The Bertz CT molecular complexity index is 1340. The topological polar surface area (TPSA) is 55.3 Å². The summed E-state index contributed by atoms with van der Waals surface area (Å²) < 4.78 is 46.7. The van der Waals surface area contributed by atoms with Crippen molar-refractivity contribution < 1.29 is 22.7 Å². The van der Waals surface area contributed by atoms with Gasteiger partial charge >= 0.3 is 5.51 Å². The number of hydrogen-bond donors (Lipinski definition) is 2. The Morgan fingerprint density at radius 3 is 2.57 bits per heavy atom. The van der Waals surface area contributed by atoms with Crippen LogP contribution in [0.4, 0.5) is 13.2 Å². The summed E-state index contributed by atoms with van der Waals surface area (Å²) in [5.74, 6) is 0.478. The van der Waals surface area contributed by atoms with Crippen molar-refractivity contribution in [2.75, 3.05) is 6.54 Å². The molecule has 0 fully saturated rings. The molecule has 1 heterocycles. The predicted octanol–water partition coefficient (Wildman–Crippen LogP) is 6.92. The maximum absolute atomic E-state index is 12.9. The van der Waals surface area contributed by atoms with E-state index < -0.39 is 5.51 Å². The van der Waals surface area contributed by atoms with Crippen LogP contribution < -0.4 is 15.6 Å². The van der Waals surface area contributed by atoms with Gasteiger partial charge in [0.1, 0.15) is 12.4 Å². The summed E-state index contributed by atoms with van der Waals surface area (Å²) in [5, 5.41) is 0.841. The summed E-state index contributed by atoms with van der Waals surface area (Å²) in [7, 11) is 0. The van der Waals surface area contributed by atoms with Crippen LogP contribution in [0.2, 0.25) is 0 Å². The molecule has 0 unspecified atom stereocenters. The standard InChI is InChI=1S/C28H28F3N3O2S/c1-2-3-14-32-33-27(35)21-12-13-26-22(16-21)17-23(19-36-24-9-5-4-6-10-24)34(26)18-20-8-7-11-25(15-20)37-28(29,30)31/h4-13,15-17,32H,2-3,14,18-19H2,1H3,(H,33,35). The molecular weight excluding hydrogens is 499 g/mol. The fourth-order valence-corrected chi connectivity index (χ4v) is 4.58. The van der Waals surface area contributed by atoms with Crippen LogP contribution in [-0.4, -0.2) is 22.5 Å². The number of para-hydroxylation sites is 1. The molecule has 0 aliphatic heterocycles. The Labute approximate surface area is 218 Å². The third kappa shape index (κ3) is 7.53. The molecule has 0 bridgehead atoms. The molecule has 9 heteroatoms. The molecule has 0 radical (unpaired) electrons. The summed E-state index contributed by atoms with van der Waals surface area (Å²) in [6.45, 7) is 3.38. The Morgan fingerprint density at radius 2 is 1.81 bits per heavy atom. The molecule has 3 aromatic carbocycles. The van der Waals surface area contributed by atoms with Crippen molar-refractivity contribution in [3.8, 4) is 5.75 Å². The number of rotatable bonds is 11. The first kappa shape index (κ1) is 26.6. The zero-order valence-electron chi connectivity index (χ0n) is 20.3. The smallest absolute Gasteiger partial charge is 0.446 e. The summed E-state index contributed by atoms with van der Waals surface area (Å²) in [6, 6.07) is 23.2. The maximum Gasteiger partial charge on any atom is 0.446 e. The monoisotopic (exact) mass is 527 g/mol. The number of nitrogens with zero attached hydrogens (tertiary/aromatic N) is 1. The van der Waals surface area contributed by atoms with E-state index in [1.165, 1.54) is 6.07 Å². The summed E-state index contributed by atoms with van der Waals surface area (Å²) in [6.07, 6.45) is 1.98. The zero-order chi connectivity index (χ0) is 26.3. The molecule has 0 atom stereocenters. The molecule has 4 aromatic rings. The van der Waals surface area contributed by atoms with Crippen LogP contribution in [0.25, 0.3) is 10.9 Å². The average Bonchev–Trinajstić information content (AvgIpc) is 3.21. The second-order valence-electron chi connectivity index (χ2n) is 8.53. The molecule has 0 aliphatic rings. The van der Waals surface area contributed by atoms with Crippen molar-refractivity contribution in [1.29, 1.82) is 0 Å². The number of thioether (sulfide) groups is 1. The quantitative estimate of drug-likeness (QED) is 0.126. The number of amides is 1. The lowest BCUT2D eigenvalue weighted by Crippen LogP contribution is -2.37. The summed E-state index contributed by atoms with van der Waals surface area (Å²) in [4.78, 5) is 12.7. The van der Waals surface area contributed by atoms with Gasteiger partial charge in [0.25, 0.3) is 5.91 Å². The van der Waals surface area contributed by atoms with Gasteiger partial charge in [-0.2, -0.15) is 13.2 Å². The van der Waals surface area contributed by atoms with Crippen LogP contribution in [0.5, 0.6) is 5.75 Å². The van der Waals surface area contributed by atoms with E-state index in [0.29, 0.717) is 24.4 Å². The van der Waals surface area contributed by atoms with E-state index in [1.807, 2.05) is 53.1 Å². The Balaban J connectivity index is 1.62. The van der Waals surface area contributed by atoms with E-state index in [4.69, 9.17) is 4.74 Å². The van der Waals surface area contributed by atoms with Gasteiger partial charge in [-0.05, 0) is 72.3 Å². The van der Waals surface area contributed by atoms with Gasteiger partial charge in [-0.25, -0.2) is 5.43 Å². The Hall–Kier alpha value is -3.43. The minimum absolute atomic E-state index is 0.127. The number of halogens is 3. The molecule has 194 valence electrons. The van der Waals surface area contributed by atoms with E-state index in [1.54, 1.807) is 24.3 Å². The van der Waals surface area contributed by atoms with Gasteiger partial charge in [0, 0.05) is 34.5 Å². The van der Waals surface area contributed by atoms with Crippen LogP contribution >= 0.6 is 11.8 Å². The minimum Gasteiger partial charge on any atom is -0.487 e. The molecule has 0 spiro atoms. The third-order valence-electron chi connectivity index (χ3n) is 5.71. The Kier molecular flexibility index (Phi) is 8.78. The number of ether oxygens (including phenoxy) is 1. The lowest BCUT2D eigenvalue weighted by Gasteiger charge is -2.14. The van der Waals surface area contributed by atoms with Gasteiger partial charge in [-0.1, -0.05) is 43.7 Å². The third-order valence-corrected chi connectivity index (χ3v) is 6.43. The van der Waals surface area contributed by atoms with Crippen LogP contribution in [0.1, 0.15) is 41.4 Å². The number of aromatic nitrogens is 1. The van der Waals surface area contributed by atoms with Gasteiger partial charge in [0.05, 0.1) is 5.69 Å². The van der Waals surface area contributed by atoms with E-state index in [9.17, 15) is 18.0 Å². The second kappa shape index (κ2) is 12.2. The lowest BCUT2D eigenvalue weighted by atomic mass is 10.1. The molecule has 37 heavy (non-hydrogen) atoms. The van der Waals surface area contributed by atoms with Gasteiger partial charge in [0.15, 0.2) is 0 Å². The van der Waals surface area contributed by atoms with Crippen molar-refractivity contribution >= 4 is 28.6 Å². The van der Waals surface area contributed by atoms with Crippen molar-refractivity contribution in [2.24, 2.45) is 0 Å². The fraction of sp³-hybridized carbons (Fsp3) is 0.250. The predicted molar refractivity (Wildman–Crippen MR) is 141 cm³/mol. The first-order valence-electron chi connectivity index (χ1n) is 12.0. The van der Waals surface area contributed by atoms with Gasteiger partial charge in [0.2, 0.25) is 0 Å². The maximum atomic E-state index is 12.9. The molecule has 4 rings (SSSR count). The SMILES string of the molecule is CCCCNNC(=O)c1ccc2c(c1)cc(COc1ccccc1)n2Cc1cccc(SC(F)(F)F)c1. The highest BCUT2D eigenvalue weighted by Gasteiger charge is 2.29. The van der Waals surface area contributed by atoms with Crippen molar-refractivity contribution in [3.63, 3.8) is 0 Å². The summed E-state index contributed by atoms with van der Waals surface area (Å²) in [5.41, 5.74) is 4.24. The molecule has 2 N–H and O–H groups in total. The first-order chi connectivity index (χ1) is 17.8. The molecule has 0 saturated carbocycles. The van der Waals surface area contributed by atoms with Crippen molar-refractivity contribution in [3.05, 3.63) is 95.7 Å². The van der Waals surface area contributed by atoms with Crippen LogP contribution in [-0.2, 0) is 13.2 Å². The number of carbonyl (C=O) groups excluding carboxylic acids is 1. The van der Waals surface area contributed by atoms with E-state index in [2.05, 4.69) is 17.8 Å². The lowest BCUT2D eigenvalue weighted by molar-refractivity contribution is -0.0328. The highest BCUT2D eigenvalue weighted by molar-refractivity contribution is 8.00. The number of unbranched alkanes of at least 4 members (excludes halogenated alkanes) is 1. The van der Waals surface area contributed by atoms with E-state index in [-0.39, 0.29) is 29.2 Å². The number of benzene rings is 3. The summed E-state index contributed by atoms with van der Waals surface area (Å²) >= 11 is -0.127. The number of fused-ring (bicyclic) bond motifs is 1. The van der Waals surface area contributed by atoms with Gasteiger partial charge in [-0.15, -0.1) is 0 Å². The van der Waals surface area contributed by atoms with Gasteiger partial charge in [-0.3, -0.25) is 10.2 Å². The van der Waals surface area contributed by atoms with Crippen molar-refractivity contribution in [2.45, 2.75) is 43.3 Å². The molecule has 0 aliphatic carbocycles. The molecule has 0 saturated heterocycles. The molecule has 5 nitrogen and oxygen atoms in total. The van der Waals surface area contributed by atoms with Crippen LogP contribution in [0.3, 0.4) is 0 Å². The molecule has 1 aromatic heterocycles. The fourth-order valence-electron chi connectivity index (χ4n) is 3.95. The number of nitrogens with one attached hydrogen (secondary N) is 2. The van der Waals surface area contributed by atoms with E-state index >= 15 is 0 Å². The van der Waals surface area contributed by atoms with Crippen LogP contribution in [0, 0.1) is 0 Å². The van der Waals surface area contributed by atoms with Crippen molar-refractivity contribution in [1.82, 2.24) is 15.4 Å². The second-order valence-corrected chi connectivity index (χ2v) is 9.67. The zero-order valence-corrected chi connectivity index (χ0v) is 21.2. The van der Waals surface area contributed by atoms with Gasteiger partial charge < -0.3 is 9.30 Å². The molecular formula is C28H28F3N3O2S.